The predicted octanol–water partition coefficient (Wildman–Crippen LogP) is 6.01. The Balaban J connectivity index is 1.37. The Morgan fingerprint density at radius 3 is 2.36 bits per heavy atom. The maximum Gasteiger partial charge on any atom is 0.435 e. The summed E-state index contributed by atoms with van der Waals surface area (Å²) >= 11 is 1.21. The molecule has 3 heterocycles. The molecule has 2 aliphatic carbocycles. The Kier molecular flexibility index (Phi) is 7.98. The number of aromatic nitrogens is 3. The van der Waals surface area contributed by atoms with Crippen LogP contribution in [-0.4, -0.2) is 60.1 Å². The lowest BCUT2D eigenvalue weighted by atomic mass is 9.72. The maximum absolute atomic E-state index is 14.7. The summed E-state index contributed by atoms with van der Waals surface area (Å²) in [5, 5.41) is 17.0. The Hall–Kier alpha value is -3.44. The lowest BCUT2D eigenvalue weighted by molar-refractivity contribution is -0.141. The number of ketones is 1. The van der Waals surface area contributed by atoms with Gasteiger partial charge in [-0.15, -0.1) is 21.5 Å². The Morgan fingerprint density at radius 1 is 1.07 bits per heavy atom. The Labute approximate surface area is 256 Å². The van der Waals surface area contributed by atoms with Gasteiger partial charge in [0.15, 0.2) is 15.5 Å². The minimum atomic E-state index is -4.65. The molecule has 3 aromatic rings. The standard InChI is InChI=1S/C30H29F4N5O3S2/c31-19-3-6-21(22(15-19)24(40)16-29(17-35)9-10-29)26-27(43-28(36-26)23-7-8-25(38-37-23)30(32,33)34)18-1-4-20(5-2-18)39-11-13-44(41,42)14-12-39/h1-2,4-5,7-8,19,21-22H,3,6,9-16H2/t19-,21+,22+/m0/s1. The van der Waals surface area contributed by atoms with Gasteiger partial charge in [0.25, 0.3) is 0 Å². The molecule has 0 spiro atoms. The van der Waals surface area contributed by atoms with E-state index < -0.39 is 45.1 Å². The first kappa shape index (κ1) is 30.6. The van der Waals surface area contributed by atoms with Crippen molar-refractivity contribution < 1.29 is 30.8 Å². The van der Waals surface area contributed by atoms with Crippen molar-refractivity contribution in [2.75, 3.05) is 29.5 Å². The van der Waals surface area contributed by atoms with Crippen molar-refractivity contribution in [2.24, 2.45) is 11.3 Å². The number of hydrogen-bond acceptors (Lipinski definition) is 9. The molecule has 6 rings (SSSR count). The van der Waals surface area contributed by atoms with Crippen LogP contribution in [0.5, 0.6) is 0 Å². The molecule has 14 heteroatoms. The molecule has 0 radical (unpaired) electrons. The number of halogens is 4. The van der Waals surface area contributed by atoms with Gasteiger partial charge in [0.05, 0.1) is 33.6 Å². The molecule has 0 N–H and O–H groups in total. The smallest absolute Gasteiger partial charge is 0.369 e. The zero-order valence-electron chi connectivity index (χ0n) is 23.6. The van der Waals surface area contributed by atoms with E-state index in [1.165, 1.54) is 17.4 Å². The molecule has 0 bridgehead atoms. The van der Waals surface area contributed by atoms with Crippen LogP contribution in [0.2, 0.25) is 0 Å². The largest absolute Gasteiger partial charge is 0.435 e. The highest BCUT2D eigenvalue weighted by Gasteiger charge is 2.48. The Morgan fingerprint density at radius 2 is 1.77 bits per heavy atom. The van der Waals surface area contributed by atoms with Gasteiger partial charge in [0, 0.05) is 37.0 Å². The van der Waals surface area contributed by atoms with Crippen LogP contribution in [0.1, 0.15) is 55.8 Å². The number of alkyl halides is 4. The van der Waals surface area contributed by atoms with Crippen molar-refractivity contribution in [1.29, 1.82) is 5.26 Å². The van der Waals surface area contributed by atoms with Crippen molar-refractivity contribution in [3.63, 3.8) is 0 Å². The van der Waals surface area contributed by atoms with Gasteiger partial charge >= 0.3 is 6.18 Å². The second-order valence-electron chi connectivity index (χ2n) is 11.9. The molecule has 0 amide bonds. The fourth-order valence-electron chi connectivity index (χ4n) is 6.04. The van der Waals surface area contributed by atoms with Crippen molar-refractivity contribution in [3.8, 4) is 27.2 Å². The monoisotopic (exact) mass is 647 g/mol. The quantitative estimate of drug-likeness (QED) is 0.287. The molecule has 2 aromatic heterocycles. The number of nitrogens with zero attached hydrogens (tertiary/aromatic N) is 5. The summed E-state index contributed by atoms with van der Waals surface area (Å²) in [6, 6.07) is 11.8. The first-order chi connectivity index (χ1) is 20.9. The fraction of sp³-hybridized carbons (Fsp3) is 0.500. The molecule has 2 saturated carbocycles. The highest BCUT2D eigenvalue weighted by Crippen LogP contribution is 2.52. The average Bonchev–Trinajstić information content (AvgIpc) is 3.63. The van der Waals surface area contributed by atoms with Gasteiger partial charge in [-0.2, -0.15) is 18.4 Å². The Bertz CT molecular complexity index is 1680. The third-order valence-corrected chi connectivity index (χ3v) is 11.6. The molecular weight excluding hydrogens is 618 g/mol. The number of benzene rings is 1. The van der Waals surface area contributed by atoms with Crippen LogP contribution in [-0.2, 0) is 20.8 Å². The highest BCUT2D eigenvalue weighted by molar-refractivity contribution is 7.91. The molecule has 1 aliphatic heterocycles. The summed E-state index contributed by atoms with van der Waals surface area (Å²) in [5.74, 6) is -1.15. The second kappa shape index (κ2) is 11.5. The van der Waals surface area contributed by atoms with Crippen molar-refractivity contribution >= 4 is 32.6 Å². The van der Waals surface area contributed by atoms with Gasteiger partial charge in [-0.05, 0) is 61.9 Å². The number of sulfone groups is 1. The van der Waals surface area contributed by atoms with Crippen LogP contribution in [0.3, 0.4) is 0 Å². The second-order valence-corrected chi connectivity index (χ2v) is 15.2. The van der Waals surface area contributed by atoms with Crippen molar-refractivity contribution in [2.45, 2.75) is 56.8 Å². The topological polar surface area (TPSA) is 117 Å². The normalized spacial score (nSPS) is 24.4. The number of Topliss-reactive ketones (excluding diaryl/α,β-unsaturated/α-hetero) is 1. The van der Waals surface area contributed by atoms with Crippen LogP contribution < -0.4 is 4.90 Å². The fourth-order valence-corrected chi connectivity index (χ4v) is 8.34. The number of rotatable bonds is 7. The maximum atomic E-state index is 14.7. The number of nitriles is 1. The van der Waals surface area contributed by atoms with Crippen LogP contribution in [0, 0.1) is 22.7 Å². The zero-order valence-corrected chi connectivity index (χ0v) is 25.2. The SMILES string of the molecule is N#CC1(CC(=O)[C@@H]2C[C@@H](F)CC[C@H]2c2nc(-c3ccc(C(F)(F)F)nn3)sc2-c2ccc(N3CCS(=O)(=O)CC3)cc2)CC1. The summed E-state index contributed by atoms with van der Waals surface area (Å²) in [7, 11) is -3.05. The number of carbonyl (C=O) groups excluding carboxylic acids is 1. The molecule has 1 aromatic carbocycles. The van der Waals surface area contributed by atoms with Crippen LogP contribution in [0.15, 0.2) is 36.4 Å². The van der Waals surface area contributed by atoms with Crippen molar-refractivity contribution in [3.05, 3.63) is 47.8 Å². The van der Waals surface area contributed by atoms with Gasteiger partial charge in [-0.1, -0.05) is 12.1 Å². The average molecular weight is 648 g/mol. The summed E-state index contributed by atoms with van der Waals surface area (Å²) < 4.78 is 77.8. The van der Waals surface area contributed by atoms with Gasteiger partial charge in [-0.3, -0.25) is 4.79 Å². The van der Waals surface area contributed by atoms with Gasteiger partial charge < -0.3 is 4.90 Å². The van der Waals surface area contributed by atoms with Gasteiger partial charge in [-0.25, -0.2) is 17.8 Å². The molecule has 8 nitrogen and oxygen atoms in total. The lowest BCUT2D eigenvalue weighted by Gasteiger charge is -2.32. The molecule has 232 valence electrons. The minimum absolute atomic E-state index is 0.0220. The van der Waals surface area contributed by atoms with Gasteiger partial charge in [0.1, 0.15) is 22.7 Å². The molecule has 44 heavy (non-hydrogen) atoms. The van der Waals surface area contributed by atoms with Gasteiger partial charge in [0.2, 0.25) is 0 Å². The first-order valence-corrected chi connectivity index (χ1v) is 17.1. The van der Waals surface area contributed by atoms with Crippen LogP contribution in [0.4, 0.5) is 23.2 Å². The molecule has 3 fully saturated rings. The van der Waals surface area contributed by atoms with Crippen molar-refractivity contribution in [1.82, 2.24) is 15.2 Å². The lowest BCUT2D eigenvalue weighted by Crippen LogP contribution is -2.40. The number of carbonyl (C=O) groups is 1. The summed E-state index contributed by atoms with van der Waals surface area (Å²) in [4.78, 5) is 21.0. The molecule has 0 unspecified atom stereocenters. The van der Waals surface area contributed by atoms with E-state index in [4.69, 9.17) is 4.98 Å². The summed E-state index contributed by atoms with van der Waals surface area (Å²) in [5.41, 5.74) is 0.487. The van der Waals surface area contributed by atoms with E-state index >= 15 is 0 Å². The van der Waals surface area contributed by atoms with Crippen LogP contribution >= 0.6 is 11.3 Å². The third-order valence-electron chi connectivity index (χ3n) is 8.82. The van der Waals surface area contributed by atoms with Crippen LogP contribution in [0.25, 0.3) is 21.1 Å². The van der Waals surface area contributed by atoms with E-state index in [2.05, 4.69) is 16.3 Å². The summed E-state index contributed by atoms with van der Waals surface area (Å²) in [6.07, 6.45) is -3.85. The number of anilines is 1. The molecular formula is C30H29F4N5O3S2. The molecule has 1 saturated heterocycles. The number of thiazole rings is 1. The van der Waals surface area contributed by atoms with E-state index in [0.29, 0.717) is 47.9 Å². The van der Waals surface area contributed by atoms with E-state index in [1.807, 2.05) is 29.2 Å². The predicted molar refractivity (Wildman–Crippen MR) is 156 cm³/mol. The third kappa shape index (κ3) is 6.35. The number of hydrogen-bond donors (Lipinski definition) is 0. The zero-order chi connectivity index (χ0) is 31.3. The molecule has 3 aliphatic rings. The minimum Gasteiger partial charge on any atom is -0.369 e. The molecule has 3 atom stereocenters. The van der Waals surface area contributed by atoms with E-state index in [-0.39, 0.29) is 42.2 Å². The van der Waals surface area contributed by atoms with E-state index in [0.717, 1.165) is 17.3 Å². The highest BCUT2D eigenvalue weighted by atomic mass is 32.2. The van der Waals surface area contributed by atoms with E-state index in [1.54, 1.807) is 0 Å². The summed E-state index contributed by atoms with van der Waals surface area (Å²) in [6.45, 7) is 0.759. The van der Waals surface area contributed by atoms with E-state index in [9.17, 15) is 36.0 Å². The first-order valence-electron chi connectivity index (χ1n) is 14.4.